The molecule has 0 aliphatic carbocycles. The lowest BCUT2D eigenvalue weighted by Gasteiger charge is -2.26. The van der Waals surface area contributed by atoms with E-state index in [0.717, 1.165) is 10.0 Å². The van der Waals surface area contributed by atoms with Gasteiger partial charge in [-0.25, -0.2) is 0 Å². The van der Waals surface area contributed by atoms with E-state index in [1.54, 1.807) is 42.3 Å². The van der Waals surface area contributed by atoms with Crippen molar-refractivity contribution in [2.45, 2.75) is 19.5 Å². The maximum Gasteiger partial charge on any atom is 0.291 e. The molecule has 1 N–H and O–H groups in total. The fourth-order valence-corrected chi connectivity index (χ4v) is 4.76. The van der Waals surface area contributed by atoms with E-state index in [-0.39, 0.29) is 40.7 Å². The van der Waals surface area contributed by atoms with Crippen LogP contribution in [-0.2, 0) is 6.54 Å². The third kappa shape index (κ3) is 4.04. The summed E-state index contributed by atoms with van der Waals surface area (Å²) in [6.07, 6.45) is 0. The Morgan fingerprint density at radius 1 is 1.06 bits per heavy atom. The fourth-order valence-electron chi connectivity index (χ4n) is 4.40. The van der Waals surface area contributed by atoms with Gasteiger partial charge in [0.2, 0.25) is 5.76 Å². The van der Waals surface area contributed by atoms with Gasteiger partial charge >= 0.3 is 0 Å². The number of ether oxygens (including phenoxy) is 2. The first-order valence-corrected chi connectivity index (χ1v) is 11.9. The molecule has 0 saturated heterocycles. The van der Waals surface area contributed by atoms with E-state index in [9.17, 15) is 14.7 Å². The van der Waals surface area contributed by atoms with E-state index in [0.29, 0.717) is 28.9 Å². The van der Waals surface area contributed by atoms with Crippen LogP contribution < -0.4 is 14.9 Å². The monoisotopic (exact) mass is 535 g/mol. The number of aromatic hydroxyl groups is 1. The molecule has 2 heterocycles. The predicted octanol–water partition coefficient (Wildman–Crippen LogP) is 5.41. The molecule has 7 nitrogen and oxygen atoms in total. The van der Waals surface area contributed by atoms with Crippen LogP contribution in [-0.4, -0.2) is 29.6 Å². The number of nitrogens with zero attached hydrogens (tertiary/aromatic N) is 1. The zero-order valence-corrected chi connectivity index (χ0v) is 20.7. The highest BCUT2D eigenvalue weighted by molar-refractivity contribution is 9.10. The van der Waals surface area contributed by atoms with Gasteiger partial charge in [-0.15, -0.1) is 0 Å². The first-order valence-electron chi connectivity index (χ1n) is 11.1. The Morgan fingerprint density at radius 2 is 1.83 bits per heavy atom. The van der Waals surface area contributed by atoms with Crippen LogP contribution in [0.15, 0.2) is 74.3 Å². The molecule has 1 aliphatic heterocycles. The summed E-state index contributed by atoms with van der Waals surface area (Å²) in [5, 5.41) is 10.6. The first-order chi connectivity index (χ1) is 16.9. The Labute approximate surface area is 209 Å². The largest absolute Gasteiger partial charge is 0.504 e. The number of fused-ring (bicyclic) bond motifs is 2. The van der Waals surface area contributed by atoms with Crippen molar-refractivity contribution in [2.75, 3.05) is 13.7 Å². The Kier molecular flexibility index (Phi) is 5.98. The first kappa shape index (κ1) is 23.0. The van der Waals surface area contributed by atoms with Gasteiger partial charge < -0.3 is 23.9 Å². The Hall–Kier alpha value is -3.78. The lowest BCUT2D eigenvalue weighted by Crippen LogP contribution is -2.29. The highest BCUT2D eigenvalue weighted by Crippen LogP contribution is 2.41. The van der Waals surface area contributed by atoms with Crippen molar-refractivity contribution in [3.05, 3.63) is 97.8 Å². The van der Waals surface area contributed by atoms with Crippen molar-refractivity contribution < 1.29 is 23.8 Å². The van der Waals surface area contributed by atoms with Gasteiger partial charge in [-0.05, 0) is 60.5 Å². The number of phenols is 1. The summed E-state index contributed by atoms with van der Waals surface area (Å²) in [4.78, 5) is 28.9. The third-order valence-corrected chi connectivity index (χ3v) is 6.53. The Bertz CT molecular complexity index is 1490. The molecule has 0 bridgehead atoms. The average molecular weight is 536 g/mol. The zero-order valence-electron chi connectivity index (χ0n) is 19.1. The maximum absolute atomic E-state index is 13.7. The molecular weight excluding hydrogens is 514 g/mol. The SMILES string of the molecule is CCOc1cc(C2c3c(oc4ccc(Br)cc4c3=O)C(=O)N2Cc2ccc(OC)cc2)ccc1O. The van der Waals surface area contributed by atoms with Crippen molar-refractivity contribution in [3.63, 3.8) is 0 Å². The standard InChI is InChI=1S/C27H22BrNO6/c1-3-34-22-12-16(6-10-20(22)30)24-23-25(31)19-13-17(28)7-11-21(19)35-26(23)27(32)29(24)14-15-4-8-18(33-2)9-5-15/h4-13,24,30H,3,14H2,1-2H3. The number of benzene rings is 3. The van der Waals surface area contributed by atoms with E-state index >= 15 is 0 Å². The summed E-state index contributed by atoms with van der Waals surface area (Å²) in [5.41, 5.74) is 1.83. The number of carbonyl (C=O) groups is 1. The Balaban J connectivity index is 1.70. The normalized spacial score (nSPS) is 14.9. The molecule has 1 atom stereocenters. The minimum absolute atomic E-state index is 0.0173. The smallest absolute Gasteiger partial charge is 0.291 e. The van der Waals surface area contributed by atoms with Crippen LogP contribution >= 0.6 is 15.9 Å². The molecule has 4 aromatic rings. The van der Waals surface area contributed by atoms with Crippen LogP contribution in [0.25, 0.3) is 11.0 Å². The number of phenolic OH excluding ortho intramolecular Hbond substituents is 1. The molecule has 1 amide bonds. The summed E-state index contributed by atoms with van der Waals surface area (Å²) in [5.74, 6) is 0.609. The van der Waals surface area contributed by atoms with Crippen LogP contribution in [0.2, 0.25) is 0 Å². The molecule has 0 fully saturated rings. The summed E-state index contributed by atoms with van der Waals surface area (Å²) in [6, 6.07) is 16.6. The number of halogens is 1. The van der Waals surface area contributed by atoms with E-state index in [1.165, 1.54) is 6.07 Å². The van der Waals surface area contributed by atoms with Crippen molar-refractivity contribution >= 4 is 32.8 Å². The van der Waals surface area contributed by atoms with Gasteiger partial charge in [0.1, 0.15) is 11.3 Å². The van der Waals surface area contributed by atoms with Crippen molar-refractivity contribution in [3.8, 4) is 17.2 Å². The van der Waals surface area contributed by atoms with Crippen LogP contribution in [0.3, 0.4) is 0 Å². The molecule has 178 valence electrons. The van der Waals surface area contributed by atoms with Gasteiger partial charge in [-0.2, -0.15) is 0 Å². The number of methoxy groups -OCH3 is 1. The van der Waals surface area contributed by atoms with E-state index in [1.807, 2.05) is 31.2 Å². The average Bonchev–Trinajstić information content (AvgIpc) is 3.13. The summed E-state index contributed by atoms with van der Waals surface area (Å²) < 4.78 is 17.5. The van der Waals surface area contributed by atoms with E-state index < -0.39 is 6.04 Å². The van der Waals surface area contributed by atoms with Gasteiger partial charge in [0.15, 0.2) is 16.9 Å². The molecule has 1 aliphatic rings. The molecule has 3 aromatic carbocycles. The molecule has 0 spiro atoms. The molecule has 1 aromatic heterocycles. The minimum Gasteiger partial charge on any atom is -0.504 e. The van der Waals surface area contributed by atoms with Crippen LogP contribution in [0.4, 0.5) is 0 Å². The number of carbonyl (C=O) groups excluding carboxylic acids is 1. The van der Waals surface area contributed by atoms with E-state index in [4.69, 9.17) is 13.9 Å². The molecular formula is C27H22BrNO6. The molecule has 1 unspecified atom stereocenters. The lowest BCUT2D eigenvalue weighted by molar-refractivity contribution is 0.0714. The summed E-state index contributed by atoms with van der Waals surface area (Å²) in [6.45, 7) is 2.41. The Morgan fingerprint density at radius 3 is 2.54 bits per heavy atom. The van der Waals surface area contributed by atoms with Gasteiger partial charge in [0, 0.05) is 11.0 Å². The number of amides is 1. The summed E-state index contributed by atoms with van der Waals surface area (Å²) in [7, 11) is 1.59. The molecule has 0 saturated carbocycles. The number of hydrogen-bond acceptors (Lipinski definition) is 6. The molecule has 5 rings (SSSR count). The highest BCUT2D eigenvalue weighted by atomic mass is 79.9. The highest BCUT2D eigenvalue weighted by Gasteiger charge is 2.43. The van der Waals surface area contributed by atoms with Crippen molar-refractivity contribution in [2.24, 2.45) is 0 Å². The fraction of sp³-hybridized carbons (Fsp3) is 0.185. The van der Waals surface area contributed by atoms with E-state index in [2.05, 4.69) is 15.9 Å². The van der Waals surface area contributed by atoms with Gasteiger partial charge in [0.05, 0.1) is 30.7 Å². The number of rotatable bonds is 6. The van der Waals surface area contributed by atoms with Crippen LogP contribution in [0, 0.1) is 0 Å². The van der Waals surface area contributed by atoms with Crippen LogP contribution in [0.1, 0.15) is 40.2 Å². The lowest BCUT2D eigenvalue weighted by atomic mass is 9.97. The van der Waals surface area contributed by atoms with Gasteiger partial charge in [-0.1, -0.05) is 34.1 Å². The van der Waals surface area contributed by atoms with Gasteiger partial charge in [-0.3, -0.25) is 9.59 Å². The summed E-state index contributed by atoms with van der Waals surface area (Å²) >= 11 is 3.41. The topological polar surface area (TPSA) is 89.2 Å². The number of hydrogen-bond donors (Lipinski definition) is 1. The minimum atomic E-state index is -0.723. The van der Waals surface area contributed by atoms with Crippen molar-refractivity contribution in [1.29, 1.82) is 0 Å². The van der Waals surface area contributed by atoms with Gasteiger partial charge in [0.25, 0.3) is 5.91 Å². The predicted molar refractivity (Wildman–Crippen MR) is 134 cm³/mol. The molecule has 35 heavy (non-hydrogen) atoms. The van der Waals surface area contributed by atoms with Crippen LogP contribution in [0.5, 0.6) is 17.2 Å². The zero-order chi connectivity index (χ0) is 24.7. The third-order valence-electron chi connectivity index (χ3n) is 6.04. The molecule has 8 heteroatoms. The second kappa shape index (κ2) is 9.11. The second-order valence-electron chi connectivity index (χ2n) is 8.16. The van der Waals surface area contributed by atoms with Crippen molar-refractivity contribution in [1.82, 2.24) is 4.90 Å². The maximum atomic E-state index is 13.7. The molecule has 0 radical (unpaired) electrons. The second-order valence-corrected chi connectivity index (χ2v) is 9.07. The quantitative estimate of drug-likeness (QED) is 0.355.